The van der Waals surface area contributed by atoms with Crippen LogP contribution in [0.15, 0.2) is 4.99 Å². The van der Waals surface area contributed by atoms with Gasteiger partial charge in [0.1, 0.15) is 0 Å². The Morgan fingerprint density at radius 2 is 2.18 bits per heavy atom. The molecule has 2 N–H and O–H groups in total. The van der Waals surface area contributed by atoms with E-state index in [0.29, 0.717) is 0 Å². The predicted molar refractivity (Wildman–Crippen MR) is 95.3 cm³/mol. The van der Waals surface area contributed by atoms with Crippen molar-refractivity contribution in [3.63, 3.8) is 0 Å². The summed E-state index contributed by atoms with van der Waals surface area (Å²) in [6, 6.07) is 0. The van der Waals surface area contributed by atoms with Gasteiger partial charge in [0.25, 0.3) is 0 Å². The molecule has 0 saturated carbocycles. The quantitative estimate of drug-likeness (QED) is 0.643. The highest BCUT2D eigenvalue weighted by atomic mass is 15.2. The van der Waals surface area contributed by atoms with Gasteiger partial charge in [-0.1, -0.05) is 20.8 Å². The third-order valence-corrected chi connectivity index (χ3v) is 4.97. The summed E-state index contributed by atoms with van der Waals surface area (Å²) >= 11 is 0. The van der Waals surface area contributed by atoms with Crippen LogP contribution in [0, 0.1) is 17.8 Å². The van der Waals surface area contributed by atoms with Gasteiger partial charge in [-0.25, -0.2) is 0 Å². The lowest BCUT2D eigenvalue weighted by Gasteiger charge is -2.19. The number of guanidine groups is 1. The molecule has 0 aliphatic carbocycles. The van der Waals surface area contributed by atoms with Crippen LogP contribution in [-0.4, -0.2) is 50.1 Å². The first-order valence-electron chi connectivity index (χ1n) is 9.38. The van der Waals surface area contributed by atoms with Crippen molar-refractivity contribution >= 4 is 5.96 Å². The fourth-order valence-corrected chi connectivity index (χ4v) is 3.61. The Kier molecular flexibility index (Phi) is 7.50. The summed E-state index contributed by atoms with van der Waals surface area (Å²) in [6.07, 6.45) is 6.78. The molecule has 0 radical (unpaired) electrons. The molecule has 2 heterocycles. The molecule has 2 aliphatic rings. The Hall–Kier alpha value is -0.770. The zero-order valence-corrected chi connectivity index (χ0v) is 14.9. The van der Waals surface area contributed by atoms with Crippen LogP contribution in [-0.2, 0) is 0 Å². The maximum absolute atomic E-state index is 4.36. The number of likely N-dealkylation sites (tertiary alicyclic amines) is 1. The molecule has 2 unspecified atom stereocenters. The molecule has 4 nitrogen and oxygen atoms in total. The van der Waals surface area contributed by atoms with E-state index in [1.807, 2.05) is 0 Å². The molecule has 0 amide bonds. The van der Waals surface area contributed by atoms with Crippen LogP contribution in [0.3, 0.4) is 0 Å². The zero-order chi connectivity index (χ0) is 15.8. The van der Waals surface area contributed by atoms with Crippen molar-refractivity contribution < 1.29 is 0 Å². The first-order valence-corrected chi connectivity index (χ1v) is 9.38. The first kappa shape index (κ1) is 17.6. The maximum Gasteiger partial charge on any atom is 0.191 e. The van der Waals surface area contributed by atoms with Gasteiger partial charge in [0.15, 0.2) is 5.96 Å². The van der Waals surface area contributed by atoms with Gasteiger partial charge in [0.05, 0.1) is 6.54 Å². The molecule has 2 atom stereocenters. The molecule has 0 aromatic carbocycles. The van der Waals surface area contributed by atoms with E-state index >= 15 is 0 Å². The zero-order valence-electron chi connectivity index (χ0n) is 14.9. The van der Waals surface area contributed by atoms with Crippen LogP contribution in [0.2, 0.25) is 0 Å². The van der Waals surface area contributed by atoms with E-state index in [1.165, 1.54) is 51.7 Å². The van der Waals surface area contributed by atoms with Crippen molar-refractivity contribution in [3.8, 4) is 0 Å². The minimum atomic E-state index is 0.837. The Morgan fingerprint density at radius 3 is 2.91 bits per heavy atom. The summed E-state index contributed by atoms with van der Waals surface area (Å²) < 4.78 is 0. The monoisotopic (exact) mass is 308 g/mol. The second-order valence-corrected chi connectivity index (χ2v) is 7.70. The topological polar surface area (TPSA) is 39.7 Å². The summed E-state index contributed by atoms with van der Waals surface area (Å²) in [4.78, 5) is 7.05. The molecule has 2 rings (SSSR count). The van der Waals surface area contributed by atoms with Crippen LogP contribution >= 0.6 is 0 Å². The molecule has 1 fully saturated rings. The number of aliphatic imine (C=N–C) groups is 1. The number of rotatable bonds is 9. The van der Waals surface area contributed by atoms with Gasteiger partial charge in [0, 0.05) is 19.6 Å². The van der Waals surface area contributed by atoms with E-state index in [-0.39, 0.29) is 0 Å². The molecule has 0 aromatic rings. The van der Waals surface area contributed by atoms with Gasteiger partial charge in [-0.05, 0) is 62.9 Å². The Bertz CT molecular complexity index is 340. The Morgan fingerprint density at radius 1 is 1.32 bits per heavy atom. The van der Waals surface area contributed by atoms with Gasteiger partial charge in [0.2, 0.25) is 0 Å². The van der Waals surface area contributed by atoms with Crippen LogP contribution in [0.1, 0.15) is 52.9 Å². The largest absolute Gasteiger partial charge is 0.356 e. The fourth-order valence-electron chi connectivity index (χ4n) is 3.61. The molecular weight excluding hydrogens is 272 g/mol. The van der Waals surface area contributed by atoms with Gasteiger partial charge in [-0.15, -0.1) is 0 Å². The SMILES string of the molecule is CC(C)CCN1CCC(CC(C)CCCNC2=NCCN2)C1. The number of nitrogens with one attached hydrogen (secondary N) is 2. The molecule has 2 aliphatic heterocycles. The van der Waals surface area contributed by atoms with Crippen molar-refractivity contribution in [2.24, 2.45) is 22.7 Å². The highest BCUT2D eigenvalue weighted by molar-refractivity contribution is 5.81. The van der Waals surface area contributed by atoms with E-state index in [9.17, 15) is 0 Å². The molecule has 22 heavy (non-hydrogen) atoms. The average Bonchev–Trinajstić information content (AvgIpc) is 3.13. The first-order chi connectivity index (χ1) is 10.6. The third-order valence-electron chi connectivity index (χ3n) is 4.97. The number of hydrogen-bond donors (Lipinski definition) is 2. The standard InChI is InChI=1S/C18H36N4/c1-15(2)6-11-22-12-7-17(14-22)13-16(3)5-4-8-19-18-20-9-10-21-18/h15-17H,4-14H2,1-3H3,(H2,19,20,21). The highest BCUT2D eigenvalue weighted by Gasteiger charge is 2.23. The number of nitrogens with zero attached hydrogens (tertiary/aromatic N) is 2. The molecule has 0 aromatic heterocycles. The van der Waals surface area contributed by atoms with Crippen LogP contribution in [0.5, 0.6) is 0 Å². The van der Waals surface area contributed by atoms with E-state index in [4.69, 9.17) is 0 Å². The molecule has 0 bridgehead atoms. The normalized spacial score (nSPS) is 23.6. The summed E-state index contributed by atoms with van der Waals surface area (Å²) in [7, 11) is 0. The van der Waals surface area contributed by atoms with Crippen LogP contribution in [0.25, 0.3) is 0 Å². The Balaban J connectivity index is 1.50. The summed E-state index contributed by atoms with van der Waals surface area (Å²) in [5.41, 5.74) is 0. The van der Waals surface area contributed by atoms with Gasteiger partial charge < -0.3 is 15.5 Å². The van der Waals surface area contributed by atoms with Gasteiger partial charge in [-0.2, -0.15) is 0 Å². The second-order valence-electron chi connectivity index (χ2n) is 7.70. The lowest BCUT2D eigenvalue weighted by Crippen LogP contribution is -2.34. The van der Waals surface area contributed by atoms with E-state index in [1.54, 1.807) is 0 Å². The van der Waals surface area contributed by atoms with E-state index in [2.05, 4.69) is 41.3 Å². The van der Waals surface area contributed by atoms with Crippen molar-refractivity contribution in [2.75, 3.05) is 39.3 Å². The smallest absolute Gasteiger partial charge is 0.191 e. The summed E-state index contributed by atoms with van der Waals surface area (Å²) in [6.45, 7) is 14.0. The molecule has 0 spiro atoms. The van der Waals surface area contributed by atoms with E-state index < -0.39 is 0 Å². The molecule has 128 valence electrons. The minimum Gasteiger partial charge on any atom is -0.356 e. The van der Waals surface area contributed by atoms with E-state index in [0.717, 1.165) is 43.3 Å². The van der Waals surface area contributed by atoms with Gasteiger partial charge in [-0.3, -0.25) is 4.99 Å². The second kappa shape index (κ2) is 9.39. The predicted octanol–water partition coefficient (Wildman–Crippen LogP) is 2.71. The average molecular weight is 309 g/mol. The lowest BCUT2D eigenvalue weighted by atomic mass is 9.92. The van der Waals surface area contributed by atoms with Gasteiger partial charge >= 0.3 is 0 Å². The minimum absolute atomic E-state index is 0.837. The lowest BCUT2D eigenvalue weighted by molar-refractivity contribution is 0.288. The molecular formula is C18H36N4. The van der Waals surface area contributed by atoms with Crippen LogP contribution < -0.4 is 10.6 Å². The number of hydrogen-bond acceptors (Lipinski definition) is 4. The fraction of sp³-hybridized carbons (Fsp3) is 0.944. The molecule has 1 saturated heterocycles. The molecule has 4 heteroatoms. The highest BCUT2D eigenvalue weighted by Crippen LogP contribution is 2.25. The summed E-state index contributed by atoms with van der Waals surface area (Å²) in [5.74, 6) is 3.64. The van der Waals surface area contributed by atoms with Crippen LogP contribution in [0.4, 0.5) is 0 Å². The van der Waals surface area contributed by atoms with Crippen molar-refractivity contribution in [3.05, 3.63) is 0 Å². The van der Waals surface area contributed by atoms with Crippen molar-refractivity contribution in [1.82, 2.24) is 15.5 Å². The van der Waals surface area contributed by atoms with Crippen molar-refractivity contribution in [2.45, 2.75) is 52.9 Å². The maximum atomic E-state index is 4.36. The summed E-state index contributed by atoms with van der Waals surface area (Å²) in [5, 5.41) is 6.66. The van der Waals surface area contributed by atoms with Crippen molar-refractivity contribution in [1.29, 1.82) is 0 Å². The third kappa shape index (κ3) is 6.55. The Labute approximate surface area is 137 Å².